The third-order valence-corrected chi connectivity index (χ3v) is 3.97. The van der Waals surface area contributed by atoms with Gasteiger partial charge < -0.3 is 30.8 Å². The van der Waals surface area contributed by atoms with Gasteiger partial charge in [-0.1, -0.05) is 12.1 Å². The first kappa shape index (κ1) is 19.6. The van der Waals surface area contributed by atoms with Gasteiger partial charge in [-0.05, 0) is 48.4 Å². The van der Waals surface area contributed by atoms with Crippen LogP contribution in [0.4, 0.5) is 0 Å². The van der Waals surface area contributed by atoms with E-state index in [2.05, 4.69) is 5.32 Å². The zero-order valence-corrected chi connectivity index (χ0v) is 14.3. The lowest BCUT2D eigenvalue weighted by Crippen LogP contribution is -2.34. The Balaban J connectivity index is 2.22. The molecule has 0 fully saturated rings. The fourth-order valence-electron chi connectivity index (χ4n) is 2.39. The van der Waals surface area contributed by atoms with E-state index >= 15 is 0 Å². The number of phenolic OH excluding ortho intramolecular Hbond substituents is 4. The third-order valence-electron chi connectivity index (χ3n) is 3.97. The summed E-state index contributed by atoms with van der Waals surface area (Å²) in [5.41, 5.74) is 0.759. The topological polar surface area (TPSA) is 147 Å². The molecule has 27 heavy (non-hydrogen) atoms. The van der Waals surface area contributed by atoms with E-state index in [1.54, 1.807) is 0 Å². The molecule has 8 heteroatoms. The summed E-state index contributed by atoms with van der Waals surface area (Å²) in [6.45, 7) is 1.40. The predicted octanol–water partition coefficient (Wildman–Crippen LogP) is 2.10. The van der Waals surface area contributed by atoms with Crippen molar-refractivity contribution in [1.82, 2.24) is 5.32 Å². The van der Waals surface area contributed by atoms with Crippen molar-refractivity contribution < 1.29 is 35.1 Å². The molecule has 0 spiro atoms. The zero-order valence-electron chi connectivity index (χ0n) is 14.3. The van der Waals surface area contributed by atoms with Gasteiger partial charge in [-0.15, -0.1) is 0 Å². The van der Waals surface area contributed by atoms with Crippen LogP contribution in [0.3, 0.4) is 0 Å². The fourth-order valence-corrected chi connectivity index (χ4v) is 2.39. The standard InChI is InChI=1S/C19H19NO7/c1-10(19(26)27)18(12-4-6-14(22)16(24)9-12)20-17(25)7-3-11-2-5-13(21)15(23)8-11/h2-10,18,21-24H,1H3,(H,20,25)(H,26,27)/b7-3+. The lowest BCUT2D eigenvalue weighted by atomic mass is 9.94. The number of carbonyl (C=O) groups is 2. The van der Waals surface area contributed by atoms with Crippen molar-refractivity contribution >= 4 is 18.0 Å². The van der Waals surface area contributed by atoms with E-state index in [9.17, 15) is 35.1 Å². The number of hydrogen-bond donors (Lipinski definition) is 6. The van der Waals surface area contributed by atoms with E-state index in [0.717, 1.165) is 6.08 Å². The molecule has 2 aromatic rings. The fraction of sp³-hybridized carbons (Fsp3) is 0.158. The maximum Gasteiger partial charge on any atom is 0.308 e. The number of rotatable bonds is 6. The summed E-state index contributed by atoms with van der Waals surface area (Å²) < 4.78 is 0. The zero-order chi connectivity index (χ0) is 20.1. The first-order chi connectivity index (χ1) is 12.7. The van der Waals surface area contributed by atoms with Gasteiger partial charge in [0.15, 0.2) is 23.0 Å². The highest BCUT2D eigenvalue weighted by Crippen LogP contribution is 2.31. The van der Waals surface area contributed by atoms with Gasteiger partial charge >= 0.3 is 5.97 Å². The van der Waals surface area contributed by atoms with Gasteiger partial charge in [-0.3, -0.25) is 9.59 Å². The highest BCUT2D eigenvalue weighted by molar-refractivity contribution is 5.92. The van der Waals surface area contributed by atoms with Crippen LogP contribution in [0.5, 0.6) is 23.0 Å². The van der Waals surface area contributed by atoms with Crippen molar-refractivity contribution in [3.8, 4) is 23.0 Å². The number of amides is 1. The molecule has 142 valence electrons. The van der Waals surface area contributed by atoms with Crippen molar-refractivity contribution in [3.63, 3.8) is 0 Å². The molecule has 0 aliphatic rings. The first-order valence-corrected chi connectivity index (χ1v) is 7.94. The van der Waals surface area contributed by atoms with Gasteiger partial charge in [0, 0.05) is 6.08 Å². The van der Waals surface area contributed by atoms with Gasteiger partial charge in [-0.2, -0.15) is 0 Å². The molecule has 0 bridgehead atoms. The Kier molecular flexibility index (Phi) is 5.92. The smallest absolute Gasteiger partial charge is 0.308 e. The van der Waals surface area contributed by atoms with Crippen LogP contribution < -0.4 is 5.32 Å². The van der Waals surface area contributed by atoms with E-state index < -0.39 is 29.6 Å². The summed E-state index contributed by atoms with van der Waals surface area (Å²) in [6.07, 6.45) is 2.53. The van der Waals surface area contributed by atoms with Crippen LogP contribution in [0.1, 0.15) is 24.1 Å². The monoisotopic (exact) mass is 373 g/mol. The molecule has 0 aliphatic heterocycles. The number of aliphatic carboxylic acids is 1. The molecule has 0 saturated heterocycles. The normalized spacial score (nSPS) is 13.2. The molecule has 0 heterocycles. The van der Waals surface area contributed by atoms with Crippen LogP contribution in [0, 0.1) is 5.92 Å². The molecule has 0 radical (unpaired) electrons. The number of nitrogens with one attached hydrogen (secondary N) is 1. The lowest BCUT2D eigenvalue weighted by molar-refractivity contribution is -0.142. The maximum absolute atomic E-state index is 12.2. The molecule has 0 saturated carbocycles. The number of carboxylic acids is 1. The summed E-state index contributed by atoms with van der Waals surface area (Å²) in [5.74, 6) is -4.19. The van der Waals surface area contributed by atoms with E-state index in [1.807, 2.05) is 0 Å². The second kappa shape index (κ2) is 8.13. The van der Waals surface area contributed by atoms with Crippen molar-refractivity contribution in [1.29, 1.82) is 0 Å². The summed E-state index contributed by atoms with van der Waals surface area (Å²) >= 11 is 0. The summed E-state index contributed by atoms with van der Waals surface area (Å²) in [7, 11) is 0. The van der Waals surface area contributed by atoms with Crippen LogP contribution in [-0.4, -0.2) is 37.4 Å². The van der Waals surface area contributed by atoms with Crippen LogP contribution in [0.2, 0.25) is 0 Å². The quantitative estimate of drug-likeness (QED) is 0.336. The lowest BCUT2D eigenvalue weighted by Gasteiger charge is -2.22. The molecule has 2 aromatic carbocycles. The van der Waals surface area contributed by atoms with Crippen molar-refractivity contribution in [2.75, 3.05) is 0 Å². The van der Waals surface area contributed by atoms with Crippen LogP contribution in [0.25, 0.3) is 6.08 Å². The van der Waals surface area contributed by atoms with Crippen LogP contribution in [0.15, 0.2) is 42.5 Å². The molecule has 1 amide bonds. The van der Waals surface area contributed by atoms with Gasteiger partial charge in [0.2, 0.25) is 5.91 Å². The third kappa shape index (κ3) is 4.91. The number of carboxylic acid groups (broad SMARTS) is 1. The van der Waals surface area contributed by atoms with Crippen LogP contribution >= 0.6 is 0 Å². The minimum Gasteiger partial charge on any atom is -0.504 e. The van der Waals surface area contributed by atoms with Crippen molar-refractivity contribution in [2.24, 2.45) is 5.92 Å². The maximum atomic E-state index is 12.2. The molecule has 0 aliphatic carbocycles. The Hall–Kier alpha value is -3.68. The molecule has 2 rings (SSSR count). The number of hydrogen-bond acceptors (Lipinski definition) is 6. The average molecular weight is 373 g/mol. The SMILES string of the molecule is CC(C(=O)O)C(NC(=O)/C=C/c1ccc(O)c(O)c1)c1ccc(O)c(O)c1. The molecule has 8 nitrogen and oxygen atoms in total. The van der Waals surface area contributed by atoms with E-state index in [4.69, 9.17) is 0 Å². The molecule has 6 N–H and O–H groups in total. The Morgan fingerprint density at radius 3 is 2.07 bits per heavy atom. The van der Waals surface area contributed by atoms with E-state index in [-0.39, 0.29) is 17.2 Å². The van der Waals surface area contributed by atoms with Crippen LogP contribution in [-0.2, 0) is 9.59 Å². The Bertz CT molecular complexity index is 892. The van der Waals surface area contributed by atoms with E-state index in [1.165, 1.54) is 49.4 Å². The summed E-state index contributed by atoms with van der Waals surface area (Å²) in [6, 6.07) is 6.83. The van der Waals surface area contributed by atoms with Crippen molar-refractivity contribution in [3.05, 3.63) is 53.6 Å². The molecular formula is C19H19NO7. The highest BCUT2D eigenvalue weighted by Gasteiger charge is 2.27. The first-order valence-electron chi connectivity index (χ1n) is 7.94. The molecule has 2 atom stereocenters. The number of phenols is 4. The predicted molar refractivity (Wildman–Crippen MR) is 96.3 cm³/mol. The summed E-state index contributed by atoms with van der Waals surface area (Å²) in [5, 5.41) is 49.6. The van der Waals surface area contributed by atoms with Crippen molar-refractivity contribution in [2.45, 2.75) is 13.0 Å². The number of carbonyl (C=O) groups excluding carboxylic acids is 1. The van der Waals surface area contributed by atoms with Gasteiger partial charge in [0.25, 0.3) is 0 Å². The largest absolute Gasteiger partial charge is 0.504 e. The minimum atomic E-state index is -1.15. The van der Waals surface area contributed by atoms with E-state index in [0.29, 0.717) is 11.1 Å². The van der Waals surface area contributed by atoms with Gasteiger partial charge in [0.05, 0.1) is 12.0 Å². The molecular weight excluding hydrogens is 354 g/mol. The number of aromatic hydroxyl groups is 4. The second-order valence-electron chi connectivity index (χ2n) is 5.94. The Morgan fingerprint density at radius 2 is 1.52 bits per heavy atom. The van der Waals surface area contributed by atoms with Gasteiger partial charge in [0.1, 0.15) is 0 Å². The molecule has 2 unspecified atom stereocenters. The Morgan fingerprint density at radius 1 is 0.926 bits per heavy atom. The minimum absolute atomic E-state index is 0.293. The van der Waals surface area contributed by atoms with Gasteiger partial charge in [-0.25, -0.2) is 0 Å². The molecule has 0 aromatic heterocycles. The Labute approximate surface area is 154 Å². The summed E-state index contributed by atoms with van der Waals surface area (Å²) in [4.78, 5) is 23.6. The number of benzene rings is 2. The average Bonchev–Trinajstić information content (AvgIpc) is 2.62. The highest BCUT2D eigenvalue weighted by atomic mass is 16.4. The second-order valence-corrected chi connectivity index (χ2v) is 5.94.